The number of allylic oxidation sites excluding steroid dienone is 6. The highest BCUT2D eigenvalue weighted by molar-refractivity contribution is 6.77. The lowest BCUT2D eigenvalue weighted by Gasteiger charge is -2.34. The maximum absolute atomic E-state index is 2.80. The molecule has 0 aromatic heterocycles. The first kappa shape index (κ1) is 24.2. The van der Waals surface area contributed by atoms with Gasteiger partial charge in [0.2, 0.25) is 0 Å². The van der Waals surface area contributed by atoms with Crippen LogP contribution in [0.4, 0.5) is 0 Å². The molecular formula is C33H48Si3. The van der Waals surface area contributed by atoms with Crippen molar-refractivity contribution in [2.75, 3.05) is 0 Å². The van der Waals surface area contributed by atoms with E-state index < -0.39 is 24.2 Å². The van der Waals surface area contributed by atoms with E-state index in [1.165, 1.54) is 37.4 Å². The summed E-state index contributed by atoms with van der Waals surface area (Å²) >= 11 is 0. The van der Waals surface area contributed by atoms with Crippen molar-refractivity contribution in [2.24, 2.45) is 0 Å². The summed E-state index contributed by atoms with van der Waals surface area (Å²) in [5.74, 6) is 4.46. The summed E-state index contributed by atoms with van der Waals surface area (Å²) in [5.41, 5.74) is 16.9. The van der Waals surface area contributed by atoms with Crippen LogP contribution in [0.5, 0.6) is 0 Å². The van der Waals surface area contributed by atoms with Gasteiger partial charge in [0.25, 0.3) is 0 Å². The molecule has 192 valence electrons. The fraction of sp³-hybridized carbons (Fsp3) is 0.636. The molecule has 0 amide bonds. The van der Waals surface area contributed by atoms with Gasteiger partial charge in [-0.3, -0.25) is 0 Å². The highest BCUT2D eigenvalue weighted by Crippen LogP contribution is 2.69. The SMILES string of the molecule is C[Si](C)(C)CC1=CC2C[C@@H]1c1c2c2c(c3c1[C@H]1C=C(C[Si](C)(C)C)[C@@H]3C1)[C@H]1C=C(C[Si](C)(C)C)[C@@H]2C1. The molecule has 0 saturated carbocycles. The molecular weight excluding hydrogens is 481 g/mol. The Kier molecular flexibility index (Phi) is 4.96. The lowest BCUT2D eigenvalue weighted by molar-refractivity contribution is 0.758. The minimum Gasteiger partial charge on any atom is -0.0774 e. The average molecular weight is 529 g/mol. The highest BCUT2D eigenvalue weighted by Gasteiger charge is 2.54. The highest BCUT2D eigenvalue weighted by atomic mass is 28.3. The first-order chi connectivity index (χ1) is 16.7. The van der Waals surface area contributed by atoms with E-state index in [1.807, 2.05) is 50.1 Å². The lowest BCUT2D eigenvalue weighted by Crippen LogP contribution is -2.24. The Morgan fingerprint density at radius 3 is 0.917 bits per heavy atom. The largest absolute Gasteiger partial charge is 0.0774 e. The minimum atomic E-state index is -1.11. The summed E-state index contributed by atoms with van der Waals surface area (Å²) < 4.78 is 0. The summed E-state index contributed by atoms with van der Waals surface area (Å²) in [6, 6.07) is 4.24. The van der Waals surface area contributed by atoms with E-state index in [-0.39, 0.29) is 0 Å². The molecule has 1 aromatic rings. The normalized spacial score (nSPS) is 33.1. The van der Waals surface area contributed by atoms with Crippen LogP contribution >= 0.6 is 0 Å². The molecule has 7 rings (SSSR count). The minimum absolute atomic E-state index is 0.729. The molecule has 6 aliphatic rings. The second-order valence-corrected chi connectivity index (χ2v) is 33.5. The van der Waals surface area contributed by atoms with E-state index in [1.54, 1.807) is 0 Å². The van der Waals surface area contributed by atoms with Crippen molar-refractivity contribution in [1.29, 1.82) is 0 Å². The van der Waals surface area contributed by atoms with Crippen molar-refractivity contribution < 1.29 is 0 Å². The molecule has 36 heavy (non-hydrogen) atoms. The van der Waals surface area contributed by atoms with E-state index >= 15 is 0 Å². The van der Waals surface area contributed by atoms with E-state index in [4.69, 9.17) is 0 Å². The molecule has 0 saturated heterocycles. The van der Waals surface area contributed by atoms with Gasteiger partial charge in [-0.15, -0.1) is 0 Å². The van der Waals surface area contributed by atoms with Crippen LogP contribution in [-0.4, -0.2) is 24.2 Å². The zero-order valence-corrected chi connectivity index (χ0v) is 27.4. The molecule has 0 fully saturated rings. The topological polar surface area (TPSA) is 0 Å². The van der Waals surface area contributed by atoms with Crippen LogP contribution in [0.1, 0.15) is 88.2 Å². The summed E-state index contributed by atoms with van der Waals surface area (Å²) in [5, 5.41) is 0. The Bertz CT molecular complexity index is 1090. The van der Waals surface area contributed by atoms with Gasteiger partial charge in [-0.05, 0) is 70.8 Å². The number of hydrogen-bond donors (Lipinski definition) is 0. The number of fused-ring (bicyclic) bond motifs is 18. The molecule has 0 aliphatic heterocycles. The summed E-state index contributed by atoms with van der Waals surface area (Å²) in [6.45, 7) is 23.2. The Labute approximate surface area is 223 Å². The van der Waals surface area contributed by atoms with E-state index in [9.17, 15) is 0 Å². The molecule has 1 aromatic carbocycles. The summed E-state index contributed by atoms with van der Waals surface area (Å²) in [6.07, 6.45) is 12.6. The smallest absolute Gasteiger partial charge is 0.0483 e. The second kappa shape index (κ2) is 7.39. The van der Waals surface area contributed by atoms with Gasteiger partial charge >= 0.3 is 0 Å². The average Bonchev–Trinajstić information content (AvgIpc) is 3.50. The standard InChI is InChI=1S/C33H48Si3/c1-34(2,3)16-22-10-19-13-25(22)31-28(19)32-26-15-21(12-24(26)18-36(7,8)9)30(32)33-27-14-20(29(31)33)11-23(27)17-35(4,5)6/h10-12,19-21,25-27H,13-18H2,1-9H3/t19-,20-,21?,25-,26-,27-/m0/s1. The zero-order valence-electron chi connectivity index (χ0n) is 24.4. The van der Waals surface area contributed by atoms with E-state index in [0.717, 1.165) is 35.5 Å². The molecule has 0 nitrogen and oxygen atoms in total. The number of benzene rings is 1. The fourth-order valence-electron chi connectivity index (χ4n) is 9.64. The predicted molar refractivity (Wildman–Crippen MR) is 165 cm³/mol. The van der Waals surface area contributed by atoms with Crippen molar-refractivity contribution in [3.63, 3.8) is 0 Å². The monoisotopic (exact) mass is 528 g/mol. The van der Waals surface area contributed by atoms with Crippen molar-refractivity contribution in [3.05, 3.63) is 68.3 Å². The molecule has 6 bridgehead atoms. The van der Waals surface area contributed by atoms with Crippen LogP contribution in [0.25, 0.3) is 0 Å². The third-order valence-electron chi connectivity index (χ3n) is 10.2. The van der Waals surface area contributed by atoms with Crippen molar-refractivity contribution in [3.8, 4) is 0 Å². The third-order valence-corrected chi connectivity index (χ3v) is 14.6. The van der Waals surface area contributed by atoms with Crippen molar-refractivity contribution >= 4 is 24.2 Å². The predicted octanol–water partition coefficient (Wildman–Crippen LogP) is 10.2. The quantitative estimate of drug-likeness (QED) is 0.254. The van der Waals surface area contributed by atoms with Crippen molar-refractivity contribution in [2.45, 2.75) is 132 Å². The molecule has 0 heterocycles. The lowest BCUT2D eigenvalue weighted by atomic mass is 9.73. The second-order valence-electron chi connectivity index (χ2n) is 17.1. The van der Waals surface area contributed by atoms with Crippen molar-refractivity contribution in [1.82, 2.24) is 0 Å². The molecule has 3 heteroatoms. The van der Waals surface area contributed by atoms with Crippen LogP contribution < -0.4 is 0 Å². The van der Waals surface area contributed by atoms with Crippen LogP contribution in [0, 0.1) is 0 Å². The first-order valence-corrected chi connectivity index (χ1v) is 26.2. The van der Waals surface area contributed by atoms with E-state index in [2.05, 4.69) is 77.2 Å². The van der Waals surface area contributed by atoms with Crippen LogP contribution in [0.3, 0.4) is 0 Å². The number of rotatable bonds is 6. The van der Waals surface area contributed by atoms with E-state index in [0.29, 0.717) is 0 Å². The van der Waals surface area contributed by atoms with Gasteiger partial charge in [0.15, 0.2) is 0 Å². The third kappa shape index (κ3) is 3.54. The van der Waals surface area contributed by atoms with Gasteiger partial charge in [0.1, 0.15) is 0 Å². The zero-order chi connectivity index (χ0) is 25.5. The fourth-order valence-corrected chi connectivity index (χ4v) is 14.4. The maximum Gasteiger partial charge on any atom is 0.0483 e. The van der Waals surface area contributed by atoms with Gasteiger partial charge in [-0.25, -0.2) is 0 Å². The molecule has 0 radical (unpaired) electrons. The molecule has 1 unspecified atom stereocenters. The summed E-state index contributed by atoms with van der Waals surface area (Å²) in [4.78, 5) is 0. The Hall–Kier alpha value is -0.909. The Morgan fingerprint density at radius 2 is 0.694 bits per heavy atom. The number of hydrogen-bond acceptors (Lipinski definition) is 0. The van der Waals surface area contributed by atoms with Gasteiger partial charge in [0.05, 0.1) is 0 Å². The molecule has 0 N–H and O–H groups in total. The summed E-state index contributed by atoms with van der Waals surface area (Å²) in [7, 11) is -3.34. The Morgan fingerprint density at radius 1 is 0.444 bits per heavy atom. The molecule has 0 spiro atoms. The van der Waals surface area contributed by atoms with Crippen LogP contribution in [0.15, 0.2) is 34.9 Å². The Balaban J connectivity index is 1.39. The van der Waals surface area contributed by atoms with Gasteiger partial charge in [-0.2, -0.15) is 0 Å². The van der Waals surface area contributed by atoms with Crippen LogP contribution in [-0.2, 0) is 0 Å². The van der Waals surface area contributed by atoms with Crippen LogP contribution in [0.2, 0.25) is 77.1 Å². The van der Waals surface area contributed by atoms with Gasteiger partial charge in [-0.1, -0.05) is 93.9 Å². The van der Waals surface area contributed by atoms with Gasteiger partial charge < -0.3 is 0 Å². The maximum atomic E-state index is 2.80. The molecule has 6 aliphatic carbocycles. The molecule has 6 atom stereocenters. The first-order valence-electron chi connectivity index (χ1n) is 15.0. The van der Waals surface area contributed by atoms with Gasteiger partial charge in [0, 0.05) is 59.7 Å².